The van der Waals surface area contributed by atoms with Gasteiger partial charge in [0.2, 0.25) is 0 Å². The van der Waals surface area contributed by atoms with E-state index in [1.54, 1.807) is 24.6 Å². The molecule has 0 bridgehead atoms. The van der Waals surface area contributed by atoms with Crippen LogP contribution in [0.4, 0.5) is 5.82 Å². The van der Waals surface area contributed by atoms with Gasteiger partial charge in [-0.3, -0.25) is 19.4 Å². The smallest absolute Gasteiger partial charge is 0.281 e. The van der Waals surface area contributed by atoms with Crippen molar-refractivity contribution in [3.05, 3.63) is 49.3 Å². The maximum atomic E-state index is 11.6. The quantitative estimate of drug-likeness (QED) is 0.651. The summed E-state index contributed by atoms with van der Waals surface area (Å²) < 4.78 is 2.36. The molecule has 1 N–H and O–H groups in total. The average molecular weight is 264 g/mol. The van der Waals surface area contributed by atoms with E-state index in [9.17, 15) is 9.59 Å². The van der Waals surface area contributed by atoms with Crippen molar-refractivity contribution in [2.24, 2.45) is 19.2 Å². The number of aromatic nitrogens is 2. The van der Waals surface area contributed by atoms with E-state index in [1.165, 1.54) is 17.7 Å². The Balaban J connectivity index is 2.25. The first-order chi connectivity index (χ1) is 8.59. The first-order valence-corrected chi connectivity index (χ1v) is 6.07. The van der Waals surface area contributed by atoms with Gasteiger partial charge in [-0.25, -0.2) is 4.79 Å². The van der Waals surface area contributed by atoms with E-state index < -0.39 is 5.69 Å². The van der Waals surface area contributed by atoms with Gasteiger partial charge in [-0.1, -0.05) is 6.07 Å². The van der Waals surface area contributed by atoms with E-state index in [1.807, 2.05) is 17.5 Å². The highest BCUT2D eigenvalue weighted by Crippen LogP contribution is 2.05. The molecule has 2 heterocycles. The Morgan fingerprint density at radius 1 is 1.33 bits per heavy atom. The van der Waals surface area contributed by atoms with E-state index in [-0.39, 0.29) is 5.56 Å². The van der Waals surface area contributed by atoms with Crippen molar-refractivity contribution in [3.8, 4) is 0 Å². The number of hydrogen-bond donors (Lipinski definition) is 1. The maximum absolute atomic E-state index is 11.6. The van der Waals surface area contributed by atoms with Crippen LogP contribution in [-0.2, 0) is 14.1 Å². The minimum Gasteiger partial charge on any atom is -0.281 e. The van der Waals surface area contributed by atoms with Gasteiger partial charge in [-0.15, -0.1) is 11.3 Å². The highest BCUT2D eigenvalue weighted by Gasteiger charge is 2.04. The fraction of sp³-hybridized carbons (Fsp3) is 0.182. The Morgan fingerprint density at radius 2 is 2.11 bits per heavy atom. The molecule has 0 atom stereocenters. The predicted octanol–water partition coefficient (Wildman–Crippen LogP) is 0.591. The minimum absolute atomic E-state index is 0.357. The molecular weight excluding hydrogens is 252 g/mol. The summed E-state index contributed by atoms with van der Waals surface area (Å²) in [6.45, 7) is 0. The molecule has 0 fully saturated rings. The molecule has 0 unspecified atom stereocenters. The first kappa shape index (κ1) is 12.3. The fourth-order valence-corrected chi connectivity index (χ4v) is 1.95. The molecule has 18 heavy (non-hydrogen) atoms. The summed E-state index contributed by atoms with van der Waals surface area (Å²) in [5.41, 5.74) is 1.92. The lowest BCUT2D eigenvalue weighted by molar-refractivity contribution is 0.690. The van der Waals surface area contributed by atoms with Crippen LogP contribution in [0, 0.1) is 0 Å². The zero-order valence-electron chi connectivity index (χ0n) is 9.95. The third kappa shape index (κ3) is 2.40. The highest BCUT2D eigenvalue weighted by molar-refractivity contribution is 7.11. The van der Waals surface area contributed by atoms with Gasteiger partial charge in [0, 0.05) is 25.0 Å². The molecule has 0 spiro atoms. The second kappa shape index (κ2) is 5.01. The van der Waals surface area contributed by atoms with Gasteiger partial charge in [0.1, 0.15) is 5.82 Å². The van der Waals surface area contributed by atoms with Gasteiger partial charge < -0.3 is 0 Å². The van der Waals surface area contributed by atoms with E-state index in [2.05, 4.69) is 10.5 Å². The van der Waals surface area contributed by atoms with Crippen LogP contribution in [0.2, 0.25) is 0 Å². The van der Waals surface area contributed by atoms with E-state index in [4.69, 9.17) is 0 Å². The Bertz CT molecular complexity index is 682. The van der Waals surface area contributed by atoms with Crippen LogP contribution in [0.1, 0.15) is 4.88 Å². The lowest BCUT2D eigenvalue weighted by Gasteiger charge is -2.07. The van der Waals surface area contributed by atoms with Crippen molar-refractivity contribution < 1.29 is 0 Å². The molecule has 0 aliphatic heterocycles. The number of thiophene rings is 1. The van der Waals surface area contributed by atoms with Crippen molar-refractivity contribution in [3.63, 3.8) is 0 Å². The van der Waals surface area contributed by atoms with Crippen LogP contribution in [0.3, 0.4) is 0 Å². The topological polar surface area (TPSA) is 68.4 Å². The molecule has 2 aromatic heterocycles. The SMILES string of the molecule is Cn1c(N/N=C/c2cccs2)cc(=O)n(C)c1=O. The lowest BCUT2D eigenvalue weighted by Crippen LogP contribution is -2.37. The van der Waals surface area contributed by atoms with Gasteiger partial charge in [0.25, 0.3) is 5.56 Å². The summed E-state index contributed by atoms with van der Waals surface area (Å²) in [4.78, 5) is 24.1. The normalized spacial score (nSPS) is 11.0. The number of hydrazone groups is 1. The van der Waals surface area contributed by atoms with Crippen LogP contribution in [0.5, 0.6) is 0 Å². The van der Waals surface area contributed by atoms with Gasteiger partial charge in [-0.2, -0.15) is 5.10 Å². The molecule has 0 radical (unpaired) electrons. The molecule has 6 nitrogen and oxygen atoms in total. The van der Waals surface area contributed by atoms with Crippen LogP contribution in [0.15, 0.2) is 38.3 Å². The second-order valence-electron chi connectivity index (χ2n) is 3.65. The number of anilines is 1. The third-order valence-corrected chi connectivity index (χ3v) is 3.25. The van der Waals surface area contributed by atoms with Crippen molar-refractivity contribution >= 4 is 23.4 Å². The van der Waals surface area contributed by atoms with E-state index >= 15 is 0 Å². The predicted molar refractivity (Wildman–Crippen MR) is 72.5 cm³/mol. The van der Waals surface area contributed by atoms with Gasteiger partial charge in [0.05, 0.1) is 6.21 Å². The first-order valence-electron chi connectivity index (χ1n) is 5.19. The van der Waals surface area contributed by atoms with Crippen LogP contribution in [-0.4, -0.2) is 15.3 Å². The largest absolute Gasteiger partial charge is 0.332 e. The van der Waals surface area contributed by atoms with Crippen molar-refractivity contribution in [2.75, 3.05) is 5.43 Å². The summed E-state index contributed by atoms with van der Waals surface area (Å²) in [6, 6.07) is 5.16. The lowest BCUT2D eigenvalue weighted by atomic mass is 10.5. The number of hydrogen-bond acceptors (Lipinski definition) is 5. The molecular formula is C11H12N4O2S. The summed E-state index contributed by atoms with van der Waals surface area (Å²) in [7, 11) is 3.01. The molecule has 0 amide bonds. The molecule has 0 aliphatic carbocycles. The molecule has 0 saturated carbocycles. The zero-order chi connectivity index (χ0) is 13.1. The monoisotopic (exact) mass is 264 g/mol. The summed E-state index contributed by atoms with van der Waals surface area (Å²) >= 11 is 1.55. The highest BCUT2D eigenvalue weighted by atomic mass is 32.1. The number of rotatable bonds is 3. The Morgan fingerprint density at radius 3 is 2.78 bits per heavy atom. The van der Waals surface area contributed by atoms with Gasteiger partial charge in [-0.05, 0) is 11.4 Å². The van der Waals surface area contributed by atoms with Gasteiger partial charge in [0.15, 0.2) is 0 Å². The number of nitrogens with one attached hydrogen (secondary N) is 1. The van der Waals surface area contributed by atoms with Crippen molar-refractivity contribution in [2.45, 2.75) is 0 Å². The standard InChI is InChI=1S/C11H12N4O2S/c1-14-9(6-10(16)15(2)11(14)17)13-12-7-8-4-3-5-18-8/h3-7,13H,1-2H3/b12-7+. The second-order valence-corrected chi connectivity index (χ2v) is 4.63. The molecule has 2 aromatic rings. The van der Waals surface area contributed by atoms with Crippen molar-refractivity contribution in [1.29, 1.82) is 0 Å². The van der Waals surface area contributed by atoms with E-state index in [0.717, 1.165) is 9.44 Å². The maximum Gasteiger partial charge on any atom is 0.332 e. The van der Waals surface area contributed by atoms with Crippen molar-refractivity contribution in [1.82, 2.24) is 9.13 Å². The van der Waals surface area contributed by atoms with E-state index in [0.29, 0.717) is 5.82 Å². The molecule has 0 aliphatic rings. The summed E-state index contributed by atoms with van der Waals surface area (Å²) in [6.07, 6.45) is 1.63. The molecule has 2 rings (SSSR count). The molecule has 7 heteroatoms. The molecule has 94 valence electrons. The zero-order valence-corrected chi connectivity index (χ0v) is 10.8. The third-order valence-electron chi connectivity index (χ3n) is 2.44. The van der Waals surface area contributed by atoms with Crippen LogP contribution >= 0.6 is 11.3 Å². The van der Waals surface area contributed by atoms with Crippen LogP contribution in [0.25, 0.3) is 0 Å². The summed E-state index contributed by atoms with van der Waals surface area (Å²) in [5, 5.41) is 5.92. The minimum atomic E-state index is -0.392. The summed E-state index contributed by atoms with van der Waals surface area (Å²) in [5.74, 6) is 0.357. The number of nitrogens with zero attached hydrogens (tertiary/aromatic N) is 3. The Hall–Kier alpha value is -2.15. The Kier molecular flexibility index (Phi) is 3.42. The average Bonchev–Trinajstić information content (AvgIpc) is 2.86. The van der Waals surface area contributed by atoms with Gasteiger partial charge >= 0.3 is 5.69 Å². The Labute approximate surface area is 107 Å². The van der Waals surface area contributed by atoms with Crippen LogP contribution < -0.4 is 16.7 Å². The molecule has 0 saturated heterocycles. The molecule has 0 aromatic carbocycles. The fourth-order valence-electron chi connectivity index (χ4n) is 1.37.